The summed E-state index contributed by atoms with van der Waals surface area (Å²) in [6, 6.07) is 0. The van der Waals surface area contributed by atoms with E-state index in [4.69, 9.17) is 0 Å². The Balaban J connectivity index is 3.67. The van der Waals surface area contributed by atoms with Crippen LogP contribution in [0.4, 0.5) is 0 Å². The third-order valence-electron chi connectivity index (χ3n) is 0.337. The maximum Gasteiger partial charge on any atom is 0.323 e. The van der Waals surface area contributed by atoms with Crippen LogP contribution in [-0.2, 0) is 19.7 Å². The maximum atomic E-state index is 10.1. The summed E-state index contributed by atoms with van der Waals surface area (Å²) < 4.78 is 20.3. The van der Waals surface area contributed by atoms with Crippen LogP contribution in [0.3, 0.4) is 0 Å². The first-order chi connectivity index (χ1) is 3.92. The number of rotatable bonds is 2. The third-order valence-corrected chi connectivity index (χ3v) is 0.723. The molecule has 0 atom stereocenters. The summed E-state index contributed by atoms with van der Waals surface area (Å²) in [5.41, 5.74) is 0. The highest BCUT2D eigenvalue weighted by molar-refractivity contribution is 7.88. The molecule has 0 aliphatic rings. The van der Waals surface area contributed by atoms with E-state index in [1.165, 1.54) is 0 Å². The van der Waals surface area contributed by atoms with E-state index in [1.807, 2.05) is 0 Å². The molecule has 0 saturated carbocycles. The fourth-order valence-electron chi connectivity index (χ4n) is 0.134. The summed E-state index contributed by atoms with van der Waals surface area (Å²) in [7, 11) is -3.41. The van der Waals surface area contributed by atoms with Crippen molar-refractivity contribution in [3.05, 3.63) is 0 Å². The highest BCUT2D eigenvalue weighted by Crippen LogP contribution is 1.74. The van der Waals surface area contributed by atoms with E-state index in [0.717, 1.165) is 13.2 Å². The first-order valence-electron chi connectivity index (χ1n) is 2.06. The molecule has 5 nitrogen and oxygen atoms in total. The molecule has 0 radical (unpaired) electrons. The minimum absolute atomic E-state index is 0.694. The van der Waals surface area contributed by atoms with Crippen molar-refractivity contribution < 1.29 is 18.0 Å². The normalized spacial score (nSPS) is 10.9. The Hall–Kier alpha value is -0.620. The zero-order chi connectivity index (χ0) is 7.49. The summed E-state index contributed by atoms with van der Waals surface area (Å²) in [6.07, 6.45) is 0.885. The third kappa shape index (κ3) is 7.38. The van der Waals surface area contributed by atoms with Gasteiger partial charge < -0.3 is 4.84 Å². The summed E-state index contributed by atoms with van der Waals surface area (Å²) in [5, 5.41) is 0. The van der Waals surface area contributed by atoms with E-state index < -0.39 is 16.0 Å². The van der Waals surface area contributed by atoms with Crippen molar-refractivity contribution in [2.24, 2.45) is 0 Å². The highest BCUT2D eigenvalue weighted by atomic mass is 32.2. The van der Waals surface area contributed by atoms with Crippen molar-refractivity contribution in [3.8, 4) is 0 Å². The number of nitrogens with one attached hydrogen (secondary N) is 1. The molecule has 0 rings (SSSR count). The molecule has 0 aromatic carbocycles. The van der Waals surface area contributed by atoms with Crippen LogP contribution in [0.5, 0.6) is 0 Å². The monoisotopic (exact) mass is 153 g/mol. The van der Waals surface area contributed by atoms with Crippen molar-refractivity contribution in [1.29, 1.82) is 0 Å². The largest absolute Gasteiger partial charge is 0.356 e. The van der Waals surface area contributed by atoms with Crippen molar-refractivity contribution in [1.82, 2.24) is 4.89 Å². The second kappa shape index (κ2) is 2.79. The minimum atomic E-state index is -3.41. The molecule has 0 fully saturated rings. The average Bonchev–Trinajstić information content (AvgIpc) is 1.59. The molecule has 0 unspecified atom stereocenters. The van der Waals surface area contributed by atoms with Gasteiger partial charge in [0.25, 0.3) is 0 Å². The molecule has 0 aliphatic carbocycles. The van der Waals surface area contributed by atoms with Gasteiger partial charge in [-0.15, -0.1) is 0 Å². The van der Waals surface area contributed by atoms with Gasteiger partial charge in [-0.05, 0) is 4.89 Å². The fraction of sp³-hybridized carbons (Fsp3) is 0.667. The molecule has 0 amide bonds. The van der Waals surface area contributed by atoms with Gasteiger partial charge in [-0.1, -0.05) is 0 Å². The Labute approximate surface area is 53.0 Å². The average molecular weight is 153 g/mol. The number of carbonyl (C=O) groups is 1. The van der Waals surface area contributed by atoms with Crippen LogP contribution in [-0.4, -0.2) is 20.6 Å². The molecular weight excluding hydrogens is 146 g/mol. The van der Waals surface area contributed by atoms with Gasteiger partial charge in [0.2, 0.25) is 10.0 Å². The molecule has 0 bridgehead atoms. The van der Waals surface area contributed by atoms with E-state index in [1.54, 1.807) is 4.89 Å². The zero-order valence-corrected chi connectivity index (χ0v) is 5.86. The number of carbonyl (C=O) groups excluding carboxylic acids is 1. The Morgan fingerprint density at radius 1 is 1.56 bits per heavy atom. The van der Waals surface area contributed by atoms with E-state index in [0.29, 0.717) is 0 Å². The van der Waals surface area contributed by atoms with Crippen LogP contribution in [0.15, 0.2) is 0 Å². The molecule has 54 valence electrons. The Bertz CT molecular complexity index is 194. The Kier molecular flexibility index (Phi) is 2.60. The summed E-state index contributed by atoms with van der Waals surface area (Å²) in [5.74, 6) is -0.694. The van der Waals surface area contributed by atoms with Gasteiger partial charge in [0.1, 0.15) is 0 Å². The van der Waals surface area contributed by atoms with Crippen molar-refractivity contribution in [3.63, 3.8) is 0 Å². The van der Waals surface area contributed by atoms with Crippen LogP contribution in [0.25, 0.3) is 0 Å². The maximum absolute atomic E-state index is 10.1. The Morgan fingerprint density at radius 2 is 2.00 bits per heavy atom. The summed E-state index contributed by atoms with van der Waals surface area (Å²) in [4.78, 5) is 15.4. The fourth-order valence-corrected chi connectivity index (χ4v) is 0.403. The lowest BCUT2D eigenvalue weighted by molar-refractivity contribution is -0.144. The van der Waals surface area contributed by atoms with E-state index >= 15 is 0 Å². The number of hydrogen-bond acceptors (Lipinski definition) is 4. The lowest BCUT2D eigenvalue weighted by Gasteiger charge is -1.97. The van der Waals surface area contributed by atoms with Crippen molar-refractivity contribution in [2.75, 3.05) is 6.26 Å². The van der Waals surface area contributed by atoms with Gasteiger partial charge in [0, 0.05) is 6.92 Å². The molecule has 6 heteroatoms. The molecule has 0 aromatic rings. The standard InChI is InChI=1S/C3H7NO4S/c1-3(5)8-4-9(2,6)7/h4H,1-2H3. The van der Waals surface area contributed by atoms with Gasteiger partial charge in [-0.2, -0.15) is 0 Å². The highest BCUT2D eigenvalue weighted by Gasteiger charge is 2.00. The number of hydrogen-bond donors (Lipinski definition) is 1. The molecule has 1 N–H and O–H groups in total. The van der Waals surface area contributed by atoms with Gasteiger partial charge >= 0.3 is 5.97 Å². The predicted octanol–water partition coefficient (Wildman–Crippen LogP) is -0.986. The number of sulfonamides is 1. The first kappa shape index (κ1) is 8.38. The SMILES string of the molecule is CC(=O)ONS(C)(=O)=O. The molecular formula is C3H7NO4S. The van der Waals surface area contributed by atoms with Crippen LogP contribution < -0.4 is 4.89 Å². The molecule has 0 aromatic heterocycles. The first-order valence-corrected chi connectivity index (χ1v) is 3.95. The van der Waals surface area contributed by atoms with Crippen LogP contribution in [0.1, 0.15) is 6.92 Å². The van der Waals surface area contributed by atoms with Crippen LogP contribution in [0, 0.1) is 0 Å². The quantitative estimate of drug-likeness (QED) is 0.517. The second-order valence-corrected chi connectivity index (χ2v) is 3.16. The molecule has 0 aliphatic heterocycles. The van der Waals surface area contributed by atoms with Crippen LogP contribution in [0.2, 0.25) is 0 Å². The smallest absolute Gasteiger partial charge is 0.323 e. The molecule has 9 heavy (non-hydrogen) atoms. The lowest BCUT2D eigenvalue weighted by atomic mass is 10.8. The lowest BCUT2D eigenvalue weighted by Crippen LogP contribution is -2.24. The Morgan fingerprint density at radius 3 is 2.11 bits per heavy atom. The molecule has 0 spiro atoms. The summed E-state index contributed by atoms with van der Waals surface area (Å²) in [6.45, 7) is 1.10. The molecule has 0 saturated heterocycles. The van der Waals surface area contributed by atoms with Gasteiger partial charge in [-0.3, -0.25) is 4.79 Å². The predicted molar refractivity (Wildman–Crippen MR) is 29.7 cm³/mol. The van der Waals surface area contributed by atoms with E-state index in [9.17, 15) is 13.2 Å². The minimum Gasteiger partial charge on any atom is -0.356 e. The molecule has 0 heterocycles. The summed E-state index contributed by atoms with van der Waals surface area (Å²) >= 11 is 0. The van der Waals surface area contributed by atoms with Crippen molar-refractivity contribution >= 4 is 16.0 Å². The van der Waals surface area contributed by atoms with E-state index in [2.05, 4.69) is 4.84 Å². The van der Waals surface area contributed by atoms with Crippen LogP contribution >= 0.6 is 0 Å². The van der Waals surface area contributed by atoms with Gasteiger partial charge in [0.15, 0.2) is 0 Å². The topological polar surface area (TPSA) is 72.5 Å². The van der Waals surface area contributed by atoms with Gasteiger partial charge in [0.05, 0.1) is 6.26 Å². The zero-order valence-electron chi connectivity index (χ0n) is 5.04. The van der Waals surface area contributed by atoms with Gasteiger partial charge in [-0.25, -0.2) is 8.42 Å². The van der Waals surface area contributed by atoms with Crippen molar-refractivity contribution in [2.45, 2.75) is 6.92 Å². The van der Waals surface area contributed by atoms with E-state index in [-0.39, 0.29) is 0 Å². The second-order valence-electron chi connectivity index (χ2n) is 1.45.